The molecule has 24 heavy (non-hydrogen) atoms. The molecule has 5 heteroatoms. The summed E-state index contributed by atoms with van der Waals surface area (Å²) in [5, 5.41) is 6.57. The number of para-hydroxylation sites is 1. The second-order valence-electron chi connectivity index (χ2n) is 5.42. The SMILES string of the molecule is [Ir].[c-]1cccc2c1N1[CH-]N(c3ccccn3)N=C1c1ccccc1-2. The predicted octanol–water partition coefficient (Wildman–Crippen LogP) is 3.67. The number of rotatable bonds is 1. The number of pyridine rings is 1. The monoisotopic (exact) mass is 489 g/mol. The van der Waals surface area contributed by atoms with Crippen molar-refractivity contribution in [2.24, 2.45) is 5.10 Å². The quantitative estimate of drug-likeness (QED) is 0.490. The molecule has 2 aromatic carbocycles. The first-order chi connectivity index (χ1) is 11.4. The summed E-state index contributed by atoms with van der Waals surface area (Å²) in [4.78, 5) is 6.46. The number of fused-ring (bicyclic) bond motifs is 6. The van der Waals surface area contributed by atoms with Gasteiger partial charge in [0.2, 0.25) is 0 Å². The molecule has 0 fully saturated rings. The van der Waals surface area contributed by atoms with Gasteiger partial charge in [0.1, 0.15) is 11.7 Å². The van der Waals surface area contributed by atoms with Gasteiger partial charge >= 0.3 is 0 Å². The fourth-order valence-electron chi connectivity index (χ4n) is 3.04. The number of anilines is 2. The van der Waals surface area contributed by atoms with Crippen LogP contribution in [-0.4, -0.2) is 10.8 Å². The van der Waals surface area contributed by atoms with Crippen LogP contribution in [0.3, 0.4) is 0 Å². The Labute approximate surface area is 153 Å². The van der Waals surface area contributed by atoms with Crippen LogP contribution in [0.25, 0.3) is 11.1 Å². The number of hydrogen-bond acceptors (Lipinski definition) is 4. The van der Waals surface area contributed by atoms with Crippen molar-refractivity contribution in [2.45, 2.75) is 0 Å². The summed E-state index contributed by atoms with van der Waals surface area (Å²) in [5.41, 5.74) is 4.49. The van der Waals surface area contributed by atoms with Gasteiger partial charge in [0, 0.05) is 31.9 Å². The maximum absolute atomic E-state index is 4.76. The summed E-state index contributed by atoms with van der Waals surface area (Å²) in [6.45, 7) is 1.96. The molecule has 1 aromatic heterocycles. The number of hydrogen-bond donors (Lipinski definition) is 0. The maximum atomic E-state index is 4.76. The Kier molecular flexibility index (Phi) is 3.68. The van der Waals surface area contributed by atoms with Crippen molar-refractivity contribution in [1.29, 1.82) is 0 Å². The summed E-state index contributed by atoms with van der Waals surface area (Å²) in [6.07, 6.45) is 1.77. The van der Waals surface area contributed by atoms with E-state index in [4.69, 9.17) is 5.10 Å². The minimum absolute atomic E-state index is 0. The molecule has 5 rings (SSSR count). The molecule has 0 saturated carbocycles. The fraction of sp³-hybridized carbons (Fsp3) is 0. The number of nitrogens with zero attached hydrogens (tertiary/aromatic N) is 4. The van der Waals surface area contributed by atoms with Crippen LogP contribution in [0.2, 0.25) is 0 Å². The molecular weight excluding hydrogens is 476 g/mol. The van der Waals surface area contributed by atoms with E-state index in [0.29, 0.717) is 0 Å². The van der Waals surface area contributed by atoms with E-state index in [2.05, 4.69) is 40.2 Å². The van der Waals surface area contributed by atoms with Crippen LogP contribution in [-0.2, 0) is 20.1 Å². The van der Waals surface area contributed by atoms with E-state index in [-0.39, 0.29) is 20.1 Å². The molecule has 3 aromatic rings. The van der Waals surface area contributed by atoms with Crippen LogP contribution in [0, 0.1) is 12.7 Å². The van der Waals surface area contributed by atoms with Crippen molar-refractivity contribution in [3.63, 3.8) is 0 Å². The van der Waals surface area contributed by atoms with Crippen molar-refractivity contribution in [3.8, 4) is 11.1 Å². The van der Waals surface area contributed by atoms with Crippen molar-refractivity contribution in [1.82, 2.24) is 4.98 Å². The molecule has 3 heterocycles. The van der Waals surface area contributed by atoms with Gasteiger partial charge in [-0.3, -0.25) is 0 Å². The molecule has 0 unspecified atom stereocenters. The average Bonchev–Trinajstić information content (AvgIpc) is 3.09. The third kappa shape index (κ3) is 2.17. The summed E-state index contributed by atoms with van der Waals surface area (Å²) in [5.74, 6) is 1.70. The van der Waals surface area contributed by atoms with E-state index < -0.39 is 0 Å². The van der Waals surface area contributed by atoms with Crippen LogP contribution < -0.4 is 9.91 Å². The summed E-state index contributed by atoms with van der Waals surface area (Å²) in [6, 6.07) is 23.6. The van der Waals surface area contributed by atoms with Gasteiger partial charge in [0.25, 0.3) is 0 Å². The van der Waals surface area contributed by atoms with E-state index in [1.807, 2.05) is 48.1 Å². The van der Waals surface area contributed by atoms with Gasteiger partial charge in [-0.25, -0.2) is 4.98 Å². The van der Waals surface area contributed by atoms with Gasteiger partial charge < -0.3 is 9.91 Å². The van der Waals surface area contributed by atoms with Gasteiger partial charge in [0.15, 0.2) is 0 Å². The van der Waals surface area contributed by atoms with E-state index in [9.17, 15) is 0 Å². The molecule has 0 aliphatic carbocycles. The zero-order valence-corrected chi connectivity index (χ0v) is 14.9. The molecule has 1 radical (unpaired) electrons. The van der Waals surface area contributed by atoms with Crippen molar-refractivity contribution < 1.29 is 20.1 Å². The normalized spacial score (nSPS) is 14.2. The van der Waals surface area contributed by atoms with Crippen molar-refractivity contribution in [3.05, 3.63) is 85.2 Å². The fourth-order valence-corrected chi connectivity index (χ4v) is 3.04. The molecule has 0 spiro atoms. The maximum Gasteiger partial charge on any atom is 0.127 e. The first-order valence-electron chi connectivity index (χ1n) is 7.45. The second kappa shape index (κ2) is 5.86. The van der Waals surface area contributed by atoms with E-state index >= 15 is 0 Å². The molecule has 119 valence electrons. The Bertz CT molecular complexity index is 923. The Morgan fingerprint density at radius 1 is 0.875 bits per heavy atom. The zero-order valence-electron chi connectivity index (χ0n) is 12.6. The molecule has 0 atom stereocenters. The first-order valence-corrected chi connectivity index (χ1v) is 7.45. The molecule has 2 aliphatic rings. The van der Waals surface area contributed by atoms with Crippen molar-refractivity contribution >= 4 is 17.3 Å². The Balaban J connectivity index is 0.00000146. The average molecular weight is 489 g/mol. The molecule has 2 aliphatic heterocycles. The smallest absolute Gasteiger partial charge is 0.127 e. The Hall–Kier alpha value is -2.49. The van der Waals surface area contributed by atoms with Gasteiger partial charge in [0.05, 0.1) is 0 Å². The number of amidine groups is 1. The third-order valence-electron chi connectivity index (χ3n) is 4.07. The summed E-state index contributed by atoms with van der Waals surface area (Å²) >= 11 is 0. The van der Waals surface area contributed by atoms with E-state index in [1.54, 1.807) is 6.20 Å². The van der Waals surface area contributed by atoms with Crippen LogP contribution in [0.1, 0.15) is 5.56 Å². The molecule has 0 N–H and O–H groups in total. The van der Waals surface area contributed by atoms with Gasteiger partial charge in [-0.05, 0) is 12.1 Å². The van der Waals surface area contributed by atoms with Gasteiger partial charge in [-0.1, -0.05) is 41.6 Å². The zero-order chi connectivity index (χ0) is 15.2. The topological polar surface area (TPSA) is 31.7 Å². The number of aromatic nitrogens is 1. The molecule has 0 saturated heterocycles. The van der Waals surface area contributed by atoms with E-state index in [0.717, 1.165) is 22.9 Å². The second-order valence-corrected chi connectivity index (χ2v) is 5.42. The molecule has 0 bridgehead atoms. The summed E-state index contributed by atoms with van der Waals surface area (Å²) in [7, 11) is 0. The largest absolute Gasteiger partial charge is 0.476 e. The summed E-state index contributed by atoms with van der Waals surface area (Å²) < 4.78 is 0. The van der Waals surface area contributed by atoms with Crippen LogP contribution in [0.4, 0.5) is 11.5 Å². The molecular formula is C19H12IrN4-2. The first kappa shape index (κ1) is 15.1. The Morgan fingerprint density at radius 3 is 2.50 bits per heavy atom. The predicted molar refractivity (Wildman–Crippen MR) is 90.7 cm³/mol. The molecule has 4 nitrogen and oxygen atoms in total. The van der Waals surface area contributed by atoms with E-state index in [1.165, 1.54) is 11.1 Å². The van der Waals surface area contributed by atoms with Crippen molar-refractivity contribution in [2.75, 3.05) is 9.91 Å². The molecule has 0 amide bonds. The minimum atomic E-state index is 0. The third-order valence-corrected chi connectivity index (χ3v) is 4.07. The van der Waals surface area contributed by atoms with Crippen LogP contribution in [0.15, 0.2) is 72.0 Å². The van der Waals surface area contributed by atoms with Gasteiger partial charge in [-0.2, -0.15) is 29.4 Å². The minimum Gasteiger partial charge on any atom is -0.476 e. The standard InChI is InChI=1S/C19H12N4.Ir/c1-2-9-16-14(7-1)15-8-3-4-10-17(15)22-13-23(21-19(16)22)18-11-5-6-12-20-18;/h1-9,11-13H;/q-2;. The van der Waals surface area contributed by atoms with Gasteiger partial charge in [-0.15, -0.1) is 12.2 Å². The number of benzene rings is 2. The number of hydrazone groups is 1. The van der Waals surface area contributed by atoms with Crippen LogP contribution in [0.5, 0.6) is 0 Å². The van der Waals surface area contributed by atoms with Crippen LogP contribution >= 0.6 is 0 Å². The Morgan fingerprint density at radius 2 is 1.67 bits per heavy atom.